The molecule has 152 valence electrons. The lowest BCUT2D eigenvalue weighted by Crippen LogP contribution is -3.12. The first kappa shape index (κ1) is 20.3. The topological polar surface area (TPSA) is 58.8 Å². The molecule has 28 heavy (non-hydrogen) atoms. The monoisotopic (exact) mass is 389 g/mol. The van der Waals surface area contributed by atoms with Gasteiger partial charge in [-0.05, 0) is 32.4 Å². The Labute approximate surface area is 164 Å². The standard InChI is InChI=1S/C21H29FN4O2/c1-5-14(3)23-21(28)16-13-25(6-2)18-12-19(17(22)11-15(18)20(16)27)26-9-7-24(4)8-10-26/h11-14H,5-10H2,1-4H3,(H,23,28)/p+1/t14-/m0/s1. The number of quaternary nitrogens is 1. The number of pyridine rings is 1. The fourth-order valence-electron chi connectivity index (χ4n) is 3.60. The van der Waals surface area contributed by atoms with E-state index >= 15 is 0 Å². The van der Waals surface area contributed by atoms with Crippen LogP contribution in [0.2, 0.25) is 0 Å². The summed E-state index contributed by atoms with van der Waals surface area (Å²) in [6.45, 7) is 9.84. The Hall–Kier alpha value is -2.41. The number of fused-ring (bicyclic) bond motifs is 1. The van der Waals surface area contributed by atoms with Gasteiger partial charge in [-0.1, -0.05) is 6.92 Å². The van der Waals surface area contributed by atoms with Crippen molar-refractivity contribution in [1.82, 2.24) is 9.88 Å². The molecule has 2 aromatic rings. The maximum Gasteiger partial charge on any atom is 0.256 e. The van der Waals surface area contributed by atoms with Crippen LogP contribution in [0.1, 0.15) is 37.6 Å². The van der Waals surface area contributed by atoms with E-state index in [1.807, 2.05) is 30.2 Å². The Bertz CT molecular complexity index is 932. The number of piperazine rings is 1. The van der Waals surface area contributed by atoms with Crippen LogP contribution in [0.15, 0.2) is 23.1 Å². The summed E-state index contributed by atoms with van der Waals surface area (Å²) in [7, 11) is 2.13. The van der Waals surface area contributed by atoms with Crippen LogP contribution in [0.25, 0.3) is 10.9 Å². The Morgan fingerprint density at radius 2 is 1.96 bits per heavy atom. The highest BCUT2D eigenvalue weighted by molar-refractivity contribution is 5.98. The summed E-state index contributed by atoms with van der Waals surface area (Å²) in [5, 5.41) is 3.08. The number of aromatic nitrogens is 1. The molecule has 1 fully saturated rings. The van der Waals surface area contributed by atoms with Gasteiger partial charge in [0.25, 0.3) is 5.91 Å². The molecule has 0 bridgehead atoms. The summed E-state index contributed by atoms with van der Waals surface area (Å²) >= 11 is 0. The molecule has 3 rings (SSSR count). The van der Waals surface area contributed by atoms with Crippen molar-refractivity contribution in [2.24, 2.45) is 0 Å². The minimum Gasteiger partial charge on any atom is -0.358 e. The first-order chi connectivity index (χ1) is 13.3. The van der Waals surface area contributed by atoms with Crippen LogP contribution in [-0.4, -0.2) is 49.7 Å². The van der Waals surface area contributed by atoms with E-state index in [2.05, 4.69) is 12.4 Å². The Balaban J connectivity index is 2.08. The summed E-state index contributed by atoms with van der Waals surface area (Å²) in [6, 6.07) is 3.02. The number of halogens is 1. The maximum absolute atomic E-state index is 14.9. The van der Waals surface area contributed by atoms with Gasteiger partial charge in [0.15, 0.2) is 0 Å². The van der Waals surface area contributed by atoms with Crippen LogP contribution in [-0.2, 0) is 6.54 Å². The molecule has 2 N–H and O–H groups in total. The van der Waals surface area contributed by atoms with Gasteiger partial charge in [0.05, 0.1) is 44.4 Å². The van der Waals surface area contributed by atoms with Gasteiger partial charge in [-0.15, -0.1) is 0 Å². The molecule has 0 spiro atoms. The van der Waals surface area contributed by atoms with Crippen molar-refractivity contribution in [1.29, 1.82) is 0 Å². The molecule has 6 nitrogen and oxygen atoms in total. The van der Waals surface area contributed by atoms with Gasteiger partial charge in [-0.25, -0.2) is 4.39 Å². The number of nitrogens with one attached hydrogen (secondary N) is 2. The molecule has 0 radical (unpaired) electrons. The van der Waals surface area contributed by atoms with Gasteiger partial charge in [0.2, 0.25) is 5.43 Å². The number of carbonyl (C=O) groups is 1. The van der Waals surface area contributed by atoms with Gasteiger partial charge in [-0.2, -0.15) is 0 Å². The summed E-state index contributed by atoms with van der Waals surface area (Å²) < 4.78 is 16.8. The average molecular weight is 389 g/mol. The van der Waals surface area contributed by atoms with Crippen LogP contribution in [0, 0.1) is 5.82 Å². The molecular weight excluding hydrogens is 359 g/mol. The van der Waals surface area contributed by atoms with E-state index in [4.69, 9.17) is 0 Å². The molecule has 1 saturated heterocycles. The SMILES string of the molecule is CC[C@H](C)NC(=O)c1cn(CC)c2cc(N3CC[NH+](C)CC3)c(F)cc2c1=O. The summed E-state index contributed by atoms with van der Waals surface area (Å²) in [6.07, 6.45) is 2.37. The first-order valence-electron chi connectivity index (χ1n) is 10.1. The number of anilines is 1. The number of aryl methyl sites for hydroxylation is 1. The molecule has 0 unspecified atom stereocenters. The van der Waals surface area contributed by atoms with Crippen LogP contribution in [0.5, 0.6) is 0 Å². The Kier molecular flexibility index (Phi) is 6.03. The van der Waals surface area contributed by atoms with E-state index in [0.29, 0.717) is 17.7 Å². The van der Waals surface area contributed by atoms with Gasteiger partial charge in [0.1, 0.15) is 11.4 Å². The minimum atomic E-state index is -0.422. The molecule has 1 aliphatic rings. The number of rotatable bonds is 5. The Morgan fingerprint density at radius 1 is 1.29 bits per heavy atom. The van der Waals surface area contributed by atoms with E-state index in [0.717, 1.165) is 32.6 Å². The zero-order valence-electron chi connectivity index (χ0n) is 17.1. The smallest absolute Gasteiger partial charge is 0.256 e. The van der Waals surface area contributed by atoms with Crippen LogP contribution in [0.4, 0.5) is 10.1 Å². The van der Waals surface area contributed by atoms with Crippen molar-refractivity contribution < 1.29 is 14.1 Å². The zero-order valence-corrected chi connectivity index (χ0v) is 17.1. The third-order valence-corrected chi connectivity index (χ3v) is 5.68. The molecule has 0 saturated carbocycles. The van der Waals surface area contributed by atoms with Crippen molar-refractivity contribution in [3.05, 3.63) is 39.9 Å². The molecule has 1 atom stereocenters. The van der Waals surface area contributed by atoms with Gasteiger partial charge in [0, 0.05) is 24.2 Å². The van der Waals surface area contributed by atoms with Crippen molar-refractivity contribution in [3.8, 4) is 0 Å². The van der Waals surface area contributed by atoms with Crippen LogP contribution in [0.3, 0.4) is 0 Å². The van der Waals surface area contributed by atoms with Gasteiger partial charge >= 0.3 is 0 Å². The summed E-state index contributed by atoms with van der Waals surface area (Å²) in [5.41, 5.74) is 0.826. The quantitative estimate of drug-likeness (QED) is 0.803. The third kappa shape index (κ3) is 3.90. The van der Waals surface area contributed by atoms with Crippen LogP contribution >= 0.6 is 0 Å². The average Bonchev–Trinajstić information content (AvgIpc) is 2.68. The summed E-state index contributed by atoms with van der Waals surface area (Å²) in [5.74, 6) is -0.818. The fraction of sp³-hybridized carbons (Fsp3) is 0.524. The van der Waals surface area contributed by atoms with Gasteiger partial charge < -0.3 is 19.7 Å². The second-order valence-electron chi connectivity index (χ2n) is 7.71. The number of carbonyl (C=O) groups excluding carboxylic acids is 1. The minimum absolute atomic E-state index is 0.0313. The second-order valence-corrected chi connectivity index (χ2v) is 7.71. The molecular formula is C21H30FN4O2+. The second kappa shape index (κ2) is 8.31. The largest absolute Gasteiger partial charge is 0.358 e. The Morgan fingerprint density at radius 3 is 2.57 bits per heavy atom. The zero-order chi connectivity index (χ0) is 20.4. The first-order valence-corrected chi connectivity index (χ1v) is 10.1. The highest BCUT2D eigenvalue weighted by Crippen LogP contribution is 2.25. The predicted octanol–water partition coefficient (Wildman–Crippen LogP) is 1.02. The molecule has 1 aromatic carbocycles. The lowest BCUT2D eigenvalue weighted by molar-refractivity contribution is -0.880. The van der Waals surface area contributed by atoms with Gasteiger partial charge in [-0.3, -0.25) is 9.59 Å². The fourth-order valence-corrected chi connectivity index (χ4v) is 3.60. The van der Waals surface area contributed by atoms with Crippen molar-refractivity contribution in [2.45, 2.75) is 39.8 Å². The van der Waals surface area contributed by atoms with Crippen molar-refractivity contribution in [3.63, 3.8) is 0 Å². The van der Waals surface area contributed by atoms with Crippen LogP contribution < -0.4 is 20.5 Å². The molecule has 0 aliphatic carbocycles. The van der Waals surface area contributed by atoms with E-state index in [9.17, 15) is 14.0 Å². The number of likely N-dealkylation sites (N-methyl/N-ethyl adjacent to an activating group) is 1. The third-order valence-electron chi connectivity index (χ3n) is 5.68. The molecule has 1 aromatic heterocycles. The predicted molar refractivity (Wildman–Crippen MR) is 110 cm³/mol. The number of hydrogen-bond acceptors (Lipinski definition) is 3. The van der Waals surface area contributed by atoms with Crippen molar-refractivity contribution in [2.75, 3.05) is 38.1 Å². The molecule has 2 heterocycles. The van der Waals surface area contributed by atoms with Crippen molar-refractivity contribution >= 4 is 22.5 Å². The van der Waals surface area contributed by atoms with E-state index in [1.165, 1.54) is 11.0 Å². The highest BCUT2D eigenvalue weighted by atomic mass is 19.1. The maximum atomic E-state index is 14.9. The lowest BCUT2D eigenvalue weighted by atomic mass is 10.1. The lowest BCUT2D eigenvalue weighted by Gasteiger charge is -2.32. The van der Waals surface area contributed by atoms with E-state index in [-0.39, 0.29) is 17.0 Å². The van der Waals surface area contributed by atoms with E-state index in [1.54, 1.807) is 12.3 Å². The summed E-state index contributed by atoms with van der Waals surface area (Å²) in [4.78, 5) is 28.9. The normalized spacial score (nSPS) is 16.4. The number of nitrogens with zero attached hydrogens (tertiary/aromatic N) is 2. The molecule has 7 heteroatoms. The molecule has 1 amide bonds. The molecule has 1 aliphatic heterocycles. The highest BCUT2D eigenvalue weighted by Gasteiger charge is 2.23. The number of benzene rings is 1. The number of amides is 1. The number of hydrogen-bond donors (Lipinski definition) is 2. The van der Waals surface area contributed by atoms with E-state index < -0.39 is 17.2 Å².